The lowest BCUT2D eigenvalue weighted by Gasteiger charge is -2.38. The zero-order valence-electron chi connectivity index (χ0n) is 25.6. The van der Waals surface area contributed by atoms with E-state index in [0.29, 0.717) is 39.4 Å². The summed E-state index contributed by atoms with van der Waals surface area (Å²) in [7, 11) is -1.92. The fourth-order valence-corrected chi connectivity index (χ4v) is 7.22. The van der Waals surface area contributed by atoms with E-state index < -0.39 is 8.32 Å². The molecule has 0 amide bonds. The standard InChI is InChI=1S/C32H35FN6O2S2Si/c1-20(41-44(5,6)32(2,3)4)17-40-25-13-7-21(8-14-25)28-26(15-34)29(36)39-30(27(28)16-35)42-18-24-19-43-31(38-24)37-23-11-9-22(33)10-12-23/h7-14,19-20H,17-18H2,1-6H3,(H2,36,39)(H,37,38). The van der Waals surface area contributed by atoms with E-state index in [1.165, 1.54) is 35.2 Å². The predicted octanol–water partition coefficient (Wildman–Crippen LogP) is 8.49. The van der Waals surface area contributed by atoms with Gasteiger partial charge in [0.15, 0.2) is 13.4 Å². The normalized spacial score (nSPS) is 12.3. The van der Waals surface area contributed by atoms with Gasteiger partial charge >= 0.3 is 0 Å². The Hall–Kier alpha value is -3.94. The van der Waals surface area contributed by atoms with Gasteiger partial charge in [0.25, 0.3) is 0 Å². The molecular formula is C32H35FN6O2S2Si. The number of ether oxygens (including phenoxy) is 1. The lowest BCUT2D eigenvalue weighted by atomic mass is 9.97. The Morgan fingerprint density at radius 3 is 2.32 bits per heavy atom. The van der Waals surface area contributed by atoms with Crippen molar-refractivity contribution < 1.29 is 13.6 Å². The molecule has 4 aromatic rings. The quantitative estimate of drug-likeness (QED) is 0.122. The van der Waals surface area contributed by atoms with Gasteiger partial charge in [-0.1, -0.05) is 44.7 Å². The number of nitriles is 2. The molecule has 0 aliphatic carbocycles. The Bertz CT molecular complexity index is 1690. The van der Waals surface area contributed by atoms with Crippen LogP contribution in [0.25, 0.3) is 11.1 Å². The summed E-state index contributed by atoms with van der Waals surface area (Å²) in [5.41, 5.74) is 9.22. The summed E-state index contributed by atoms with van der Waals surface area (Å²) in [6.45, 7) is 13.5. The minimum Gasteiger partial charge on any atom is -0.491 e. The van der Waals surface area contributed by atoms with Gasteiger partial charge in [-0.15, -0.1) is 11.3 Å². The number of nitrogens with zero attached hydrogens (tertiary/aromatic N) is 4. The van der Waals surface area contributed by atoms with Crippen LogP contribution in [-0.2, 0) is 10.2 Å². The molecule has 0 saturated carbocycles. The molecule has 0 spiro atoms. The van der Waals surface area contributed by atoms with Gasteiger partial charge in [0.2, 0.25) is 0 Å². The number of thiazole rings is 1. The number of anilines is 3. The Morgan fingerprint density at radius 2 is 1.70 bits per heavy atom. The number of nitrogen functional groups attached to an aromatic ring is 1. The van der Waals surface area contributed by atoms with Crippen LogP contribution in [0.4, 0.5) is 21.0 Å². The average molecular weight is 647 g/mol. The molecule has 228 valence electrons. The predicted molar refractivity (Wildman–Crippen MR) is 178 cm³/mol. The van der Waals surface area contributed by atoms with Gasteiger partial charge in [0, 0.05) is 22.4 Å². The molecule has 2 heterocycles. The molecule has 4 rings (SSSR count). The summed E-state index contributed by atoms with van der Waals surface area (Å²) >= 11 is 2.73. The third kappa shape index (κ3) is 7.95. The molecule has 0 saturated heterocycles. The lowest BCUT2D eigenvalue weighted by Crippen LogP contribution is -2.44. The number of hydrogen-bond acceptors (Lipinski definition) is 10. The largest absolute Gasteiger partial charge is 0.491 e. The maximum absolute atomic E-state index is 13.2. The highest BCUT2D eigenvalue weighted by Gasteiger charge is 2.38. The molecule has 0 bridgehead atoms. The number of aromatic nitrogens is 2. The first-order chi connectivity index (χ1) is 20.8. The molecule has 0 radical (unpaired) electrons. The SMILES string of the molecule is CC(COc1ccc(-c2c(C#N)c(N)nc(SCc3csc(Nc4ccc(F)cc4)n3)c2C#N)cc1)O[Si](C)(C)C(C)(C)C. The minimum atomic E-state index is -1.92. The Morgan fingerprint density at radius 1 is 1.05 bits per heavy atom. The molecular weight excluding hydrogens is 612 g/mol. The molecule has 2 aromatic carbocycles. The molecule has 2 aromatic heterocycles. The van der Waals surface area contributed by atoms with E-state index in [-0.39, 0.29) is 33.9 Å². The van der Waals surface area contributed by atoms with Crippen LogP contribution in [0.2, 0.25) is 18.1 Å². The average Bonchev–Trinajstić information content (AvgIpc) is 3.42. The van der Waals surface area contributed by atoms with E-state index in [2.05, 4.69) is 61.3 Å². The second kappa shape index (κ2) is 13.8. The van der Waals surface area contributed by atoms with Crippen LogP contribution in [0.15, 0.2) is 58.9 Å². The zero-order chi connectivity index (χ0) is 32.1. The van der Waals surface area contributed by atoms with Gasteiger partial charge < -0.3 is 20.2 Å². The van der Waals surface area contributed by atoms with Crippen LogP contribution in [0, 0.1) is 28.5 Å². The van der Waals surface area contributed by atoms with Crippen molar-refractivity contribution in [3.05, 3.63) is 76.5 Å². The number of thioether (sulfide) groups is 1. The van der Waals surface area contributed by atoms with Gasteiger partial charge in [-0.25, -0.2) is 14.4 Å². The van der Waals surface area contributed by atoms with Gasteiger partial charge in [0.1, 0.15) is 46.7 Å². The number of benzene rings is 2. The summed E-state index contributed by atoms with van der Waals surface area (Å²) < 4.78 is 25.6. The van der Waals surface area contributed by atoms with Crippen molar-refractivity contribution in [2.45, 2.75) is 62.7 Å². The zero-order valence-corrected chi connectivity index (χ0v) is 28.2. The van der Waals surface area contributed by atoms with Crippen LogP contribution >= 0.6 is 23.1 Å². The van der Waals surface area contributed by atoms with Gasteiger partial charge in [-0.05, 0) is 67.0 Å². The third-order valence-electron chi connectivity index (χ3n) is 7.35. The number of nitrogens with one attached hydrogen (secondary N) is 1. The number of nitrogens with two attached hydrogens (primary N) is 1. The van der Waals surface area contributed by atoms with Gasteiger partial charge in [0.05, 0.1) is 17.4 Å². The lowest BCUT2D eigenvalue weighted by molar-refractivity contribution is 0.129. The van der Waals surface area contributed by atoms with Crippen molar-refractivity contribution in [1.29, 1.82) is 10.5 Å². The van der Waals surface area contributed by atoms with Gasteiger partial charge in [-0.3, -0.25) is 0 Å². The van der Waals surface area contributed by atoms with Crippen molar-refractivity contribution in [2.75, 3.05) is 17.7 Å². The number of rotatable bonds is 11. The van der Waals surface area contributed by atoms with E-state index in [0.717, 1.165) is 11.4 Å². The fraction of sp³-hybridized carbons (Fsp3) is 0.312. The van der Waals surface area contributed by atoms with Crippen LogP contribution in [-0.4, -0.2) is 31.0 Å². The molecule has 0 aliphatic heterocycles. The molecule has 0 fully saturated rings. The third-order valence-corrected chi connectivity index (χ3v) is 13.8. The highest BCUT2D eigenvalue weighted by molar-refractivity contribution is 7.98. The smallest absolute Gasteiger partial charge is 0.192 e. The van der Waals surface area contributed by atoms with Crippen molar-refractivity contribution in [3.63, 3.8) is 0 Å². The van der Waals surface area contributed by atoms with Crippen molar-refractivity contribution in [3.8, 4) is 29.0 Å². The van der Waals surface area contributed by atoms with E-state index >= 15 is 0 Å². The first-order valence-corrected chi connectivity index (χ1v) is 18.7. The summed E-state index contributed by atoms with van der Waals surface area (Å²) in [5, 5.41) is 26.3. The van der Waals surface area contributed by atoms with E-state index in [1.54, 1.807) is 12.1 Å². The van der Waals surface area contributed by atoms with Gasteiger partial charge in [-0.2, -0.15) is 10.5 Å². The van der Waals surface area contributed by atoms with E-state index in [9.17, 15) is 14.9 Å². The Balaban J connectivity index is 1.49. The number of pyridine rings is 1. The summed E-state index contributed by atoms with van der Waals surface area (Å²) in [6.07, 6.45) is -0.0713. The minimum absolute atomic E-state index is 0.0536. The topological polar surface area (TPSA) is 130 Å². The van der Waals surface area contributed by atoms with E-state index in [4.69, 9.17) is 14.9 Å². The molecule has 44 heavy (non-hydrogen) atoms. The summed E-state index contributed by atoms with van der Waals surface area (Å²) in [4.78, 5) is 8.98. The van der Waals surface area contributed by atoms with Crippen LogP contribution < -0.4 is 15.8 Å². The van der Waals surface area contributed by atoms with Crippen molar-refractivity contribution in [2.24, 2.45) is 0 Å². The second-order valence-corrected chi connectivity index (χ2v) is 18.3. The molecule has 1 atom stereocenters. The number of halogens is 1. The fourth-order valence-electron chi connectivity index (χ4n) is 4.07. The first kappa shape index (κ1) is 33.0. The Kier molecular flexibility index (Phi) is 10.3. The van der Waals surface area contributed by atoms with Crippen molar-refractivity contribution in [1.82, 2.24) is 9.97 Å². The maximum Gasteiger partial charge on any atom is 0.192 e. The second-order valence-electron chi connectivity index (χ2n) is 11.7. The number of hydrogen-bond donors (Lipinski definition) is 2. The molecule has 12 heteroatoms. The molecule has 0 aliphatic rings. The van der Waals surface area contributed by atoms with E-state index in [1.807, 2.05) is 36.6 Å². The maximum atomic E-state index is 13.2. The summed E-state index contributed by atoms with van der Waals surface area (Å²) in [6, 6.07) is 17.6. The van der Waals surface area contributed by atoms with Crippen LogP contribution in [0.3, 0.4) is 0 Å². The van der Waals surface area contributed by atoms with Crippen molar-refractivity contribution >= 4 is 48.1 Å². The van der Waals surface area contributed by atoms with Crippen LogP contribution in [0.1, 0.15) is 44.5 Å². The highest BCUT2D eigenvalue weighted by atomic mass is 32.2. The van der Waals surface area contributed by atoms with Crippen LogP contribution in [0.5, 0.6) is 5.75 Å². The molecule has 3 N–H and O–H groups in total. The summed E-state index contributed by atoms with van der Waals surface area (Å²) in [5.74, 6) is 0.824. The Labute approximate surface area is 267 Å². The molecule has 8 nitrogen and oxygen atoms in total. The first-order valence-electron chi connectivity index (χ1n) is 14.0. The molecule has 1 unspecified atom stereocenters. The highest BCUT2D eigenvalue weighted by Crippen LogP contribution is 2.39. The monoisotopic (exact) mass is 646 g/mol.